The van der Waals surface area contributed by atoms with E-state index in [9.17, 15) is 4.79 Å². The molecule has 13 heavy (non-hydrogen) atoms. The molecule has 1 atom stereocenters. The summed E-state index contributed by atoms with van der Waals surface area (Å²) in [5.41, 5.74) is 0.979. The third-order valence-electron chi connectivity index (χ3n) is 2.52. The Morgan fingerprint density at radius 2 is 2.38 bits per heavy atom. The number of H-pyrrole nitrogens is 1. The fraction of sp³-hybridized carbons (Fsp3) is 0.222. The Morgan fingerprint density at radius 1 is 1.46 bits per heavy atom. The molecular weight excluding hydrogens is 166 g/mol. The second kappa shape index (κ2) is 2.16. The topological polar surface area (TPSA) is 56.9 Å². The van der Waals surface area contributed by atoms with Crippen molar-refractivity contribution in [1.29, 1.82) is 0 Å². The zero-order chi connectivity index (χ0) is 8.84. The fourth-order valence-corrected chi connectivity index (χ4v) is 1.92. The van der Waals surface area contributed by atoms with Gasteiger partial charge in [0, 0.05) is 6.20 Å². The van der Waals surface area contributed by atoms with E-state index in [1.807, 2.05) is 12.3 Å². The summed E-state index contributed by atoms with van der Waals surface area (Å²) in [4.78, 5) is 14.2. The van der Waals surface area contributed by atoms with Gasteiger partial charge in [-0.1, -0.05) is 6.08 Å². The summed E-state index contributed by atoms with van der Waals surface area (Å²) in [6, 6.07) is 2.05. The van der Waals surface area contributed by atoms with E-state index in [0.29, 0.717) is 0 Å². The van der Waals surface area contributed by atoms with Crippen LogP contribution in [-0.2, 0) is 0 Å². The zero-order valence-electron chi connectivity index (χ0n) is 6.92. The van der Waals surface area contributed by atoms with Crippen molar-refractivity contribution in [3.8, 4) is 0 Å². The second-order valence-electron chi connectivity index (χ2n) is 3.31. The lowest BCUT2D eigenvalue weighted by Crippen LogP contribution is -2.37. The molecule has 1 aliphatic carbocycles. The van der Waals surface area contributed by atoms with Crippen LogP contribution in [0.4, 0.5) is 4.79 Å². The molecule has 0 radical (unpaired) electrons. The van der Waals surface area contributed by atoms with E-state index in [1.54, 1.807) is 0 Å². The molecule has 2 amide bonds. The Balaban J connectivity index is 2.34. The van der Waals surface area contributed by atoms with Gasteiger partial charge >= 0.3 is 6.03 Å². The number of aromatic nitrogens is 1. The molecule has 1 aromatic rings. The van der Waals surface area contributed by atoms with Crippen LogP contribution in [0.2, 0.25) is 0 Å². The molecule has 66 valence electrons. The molecule has 3 rings (SSSR count). The highest BCUT2D eigenvalue weighted by molar-refractivity contribution is 5.89. The summed E-state index contributed by atoms with van der Waals surface area (Å²) in [6.07, 6.45) is 4.90. The molecule has 2 aliphatic rings. The van der Waals surface area contributed by atoms with E-state index in [0.717, 1.165) is 17.5 Å². The van der Waals surface area contributed by atoms with Crippen LogP contribution >= 0.6 is 0 Å². The number of hydrogen-bond donors (Lipinski definition) is 3. The van der Waals surface area contributed by atoms with Gasteiger partial charge in [0.1, 0.15) is 0 Å². The van der Waals surface area contributed by atoms with E-state index >= 15 is 0 Å². The Labute approximate surface area is 74.3 Å². The van der Waals surface area contributed by atoms with E-state index in [-0.39, 0.29) is 12.1 Å². The molecule has 0 spiro atoms. The van der Waals surface area contributed by atoms with Crippen LogP contribution in [0.5, 0.6) is 0 Å². The predicted molar refractivity (Wildman–Crippen MR) is 48.0 cm³/mol. The van der Waals surface area contributed by atoms with Crippen LogP contribution in [0.3, 0.4) is 0 Å². The molecule has 4 heteroatoms. The normalized spacial score (nSPS) is 24.2. The highest BCUT2D eigenvalue weighted by Crippen LogP contribution is 2.10. The summed E-state index contributed by atoms with van der Waals surface area (Å²) in [5.74, 6) is 0. The van der Waals surface area contributed by atoms with Crippen molar-refractivity contribution in [1.82, 2.24) is 15.6 Å². The molecule has 2 heterocycles. The molecule has 1 aliphatic heterocycles. The molecule has 1 unspecified atom stereocenters. The SMILES string of the molecule is O=C1NC2=c3[nH]ccc3=CCC2N1. The van der Waals surface area contributed by atoms with Gasteiger partial charge in [0.2, 0.25) is 0 Å². The van der Waals surface area contributed by atoms with Crippen LogP contribution in [0.15, 0.2) is 12.3 Å². The van der Waals surface area contributed by atoms with E-state index in [1.165, 1.54) is 5.22 Å². The lowest BCUT2D eigenvalue weighted by atomic mass is 10.1. The number of urea groups is 1. The van der Waals surface area contributed by atoms with Gasteiger partial charge in [-0.15, -0.1) is 0 Å². The van der Waals surface area contributed by atoms with Crippen LogP contribution < -0.4 is 21.2 Å². The van der Waals surface area contributed by atoms with E-state index in [2.05, 4.69) is 21.7 Å². The molecule has 1 aromatic heterocycles. The maximum atomic E-state index is 11.1. The Morgan fingerprint density at radius 3 is 3.31 bits per heavy atom. The first-order valence-electron chi connectivity index (χ1n) is 4.30. The Bertz CT molecular complexity index is 485. The molecule has 0 aromatic carbocycles. The Hall–Kier alpha value is -1.71. The van der Waals surface area contributed by atoms with Gasteiger partial charge < -0.3 is 15.6 Å². The summed E-state index contributed by atoms with van der Waals surface area (Å²) < 4.78 is 0. The second-order valence-corrected chi connectivity index (χ2v) is 3.31. The van der Waals surface area contributed by atoms with Gasteiger partial charge in [0.15, 0.2) is 0 Å². The molecule has 4 nitrogen and oxygen atoms in total. The summed E-state index contributed by atoms with van der Waals surface area (Å²) in [6.45, 7) is 0. The third-order valence-corrected chi connectivity index (χ3v) is 2.52. The van der Waals surface area contributed by atoms with E-state index < -0.39 is 0 Å². The number of aromatic amines is 1. The third kappa shape index (κ3) is 0.824. The monoisotopic (exact) mass is 175 g/mol. The molecular formula is C9H9N3O. The lowest BCUT2D eigenvalue weighted by molar-refractivity contribution is 0.248. The first-order chi connectivity index (χ1) is 6.34. The molecule has 1 fully saturated rings. The maximum absolute atomic E-state index is 11.1. The number of carbonyl (C=O) groups excluding carboxylic acids is 1. The van der Waals surface area contributed by atoms with Crippen molar-refractivity contribution in [2.75, 3.05) is 0 Å². The van der Waals surface area contributed by atoms with Gasteiger partial charge in [-0.05, 0) is 17.7 Å². The van der Waals surface area contributed by atoms with Gasteiger partial charge in [-0.3, -0.25) is 0 Å². The van der Waals surface area contributed by atoms with Gasteiger partial charge in [-0.2, -0.15) is 0 Å². The highest BCUT2D eigenvalue weighted by atomic mass is 16.2. The maximum Gasteiger partial charge on any atom is 0.319 e. The van der Waals surface area contributed by atoms with Crippen LogP contribution in [-0.4, -0.2) is 17.1 Å². The number of rotatable bonds is 0. The van der Waals surface area contributed by atoms with Crippen LogP contribution in [0.25, 0.3) is 11.8 Å². The highest BCUT2D eigenvalue weighted by Gasteiger charge is 2.27. The summed E-state index contributed by atoms with van der Waals surface area (Å²) in [7, 11) is 0. The van der Waals surface area contributed by atoms with Crippen molar-refractivity contribution in [3.63, 3.8) is 0 Å². The first kappa shape index (κ1) is 6.77. The van der Waals surface area contributed by atoms with Crippen molar-refractivity contribution in [2.45, 2.75) is 12.5 Å². The van der Waals surface area contributed by atoms with Crippen LogP contribution in [0, 0.1) is 0 Å². The zero-order valence-corrected chi connectivity index (χ0v) is 6.92. The lowest BCUT2D eigenvalue weighted by Gasteiger charge is -2.10. The standard InChI is InChI=1S/C9H9N3O/c13-9-11-6-2-1-5-3-4-10-7(5)8(6)12-9/h1,3-4,6,10H,2H2,(H2,11,12,13). The Kier molecular flexibility index (Phi) is 1.12. The van der Waals surface area contributed by atoms with Crippen molar-refractivity contribution >= 4 is 17.8 Å². The minimum Gasteiger partial charge on any atom is -0.360 e. The number of carbonyl (C=O) groups is 1. The molecule has 1 saturated heterocycles. The van der Waals surface area contributed by atoms with Gasteiger partial charge in [0.25, 0.3) is 0 Å². The van der Waals surface area contributed by atoms with Gasteiger partial charge in [-0.25, -0.2) is 4.79 Å². The number of hydrogen-bond acceptors (Lipinski definition) is 1. The van der Waals surface area contributed by atoms with Crippen LogP contribution in [0.1, 0.15) is 6.42 Å². The minimum absolute atomic E-state index is 0.101. The fourth-order valence-electron chi connectivity index (χ4n) is 1.92. The largest absolute Gasteiger partial charge is 0.360 e. The molecule has 0 saturated carbocycles. The minimum atomic E-state index is -0.101. The molecule has 0 bridgehead atoms. The quantitative estimate of drug-likeness (QED) is 0.465. The smallest absolute Gasteiger partial charge is 0.319 e. The van der Waals surface area contributed by atoms with Crippen molar-refractivity contribution in [2.24, 2.45) is 0 Å². The summed E-state index contributed by atoms with van der Waals surface area (Å²) in [5, 5.41) is 7.87. The number of fused-ring (bicyclic) bond motifs is 2. The average molecular weight is 175 g/mol. The average Bonchev–Trinajstić information content (AvgIpc) is 2.65. The molecule has 3 N–H and O–H groups in total. The van der Waals surface area contributed by atoms with Gasteiger partial charge in [0.05, 0.1) is 17.1 Å². The van der Waals surface area contributed by atoms with Crippen molar-refractivity contribution in [3.05, 3.63) is 22.8 Å². The first-order valence-corrected chi connectivity index (χ1v) is 4.30. The summed E-state index contributed by atoms with van der Waals surface area (Å²) >= 11 is 0. The van der Waals surface area contributed by atoms with Crippen molar-refractivity contribution < 1.29 is 4.79 Å². The predicted octanol–water partition coefficient (Wildman–Crippen LogP) is -1.01. The number of amides is 2. The number of nitrogens with one attached hydrogen (secondary N) is 3. The van der Waals surface area contributed by atoms with E-state index in [4.69, 9.17) is 0 Å².